The van der Waals surface area contributed by atoms with Gasteiger partial charge in [0.15, 0.2) is 0 Å². The minimum Gasteiger partial charge on any atom is -0.378 e. The number of anilines is 2. The van der Waals surface area contributed by atoms with Gasteiger partial charge in [0, 0.05) is 6.54 Å². The number of aromatic nitrogens is 2. The maximum atomic E-state index is 10.8. The molecule has 1 aliphatic rings. The highest BCUT2D eigenvalue weighted by Crippen LogP contribution is 2.29. The smallest absolute Gasteiger partial charge is 0.352 e. The monoisotopic (exact) mass is 223 g/mol. The van der Waals surface area contributed by atoms with Crippen molar-refractivity contribution < 1.29 is 4.92 Å². The Hall–Kier alpha value is -1.92. The van der Waals surface area contributed by atoms with Gasteiger partial charge in [0.1, 0.15) is 6.33 Å². The van der Waals surface area contributed by atoms with E-state index < -0.39 is 4.92 Å². The van der Waals surface area contributed by atoms with Crippen LogP contribution in [-0.4, -0.2) is 21.4 Å². The molecule has 2 rings (SSSR count). The zero-order valence-corrected chi connectivity index (χ0v) is 8.72. The van der Waals surface area contributed by atoms with Crippen LogP contribution in [-0.2, 0) is 0 Å². The van der Waals surface area contributed by atoms with Gasteiger partial charge in [0.2, 0.25) is 11.6 Å². The van der Waals surface area contributed by atoms with E-state index in [2.05, 4.69) is 15.3 Å². The molecule has 1 aromatic rings. The first-order chi connectivity index (χ1) is 7.68. The summed E-state index contributed by atoms with van der Waals surface area (Å²) in [6.07, 6.45) is 4.80. The summed E-state index contributed by atoms with van der Waals surface area (Å²) in [7, 11) is 0. The molecular formula is C9H13N5O2. The molecule has 7 nitrogen and oxygen atoms in total. The van der Waals surface area contributed by atoms with Crippen molar-refractivity contribution in [1.82, 2.24) is 9.97 Å². The van der Waals surface area contributed by atoms with Crippen molar-refractivity contribution in [2.45, 2.75) is 19.3 Å². The van der Waals surface area contributed by atoms with Gasteiger partial charge in [0.25, 0.3) is 0 Å². The first kappa shape index (κ1) is 10.6. The zero-order valence-electron chi connectivity index (χ0n) is 8.72. The quantitative estimate of drug-likeness (QED) is 0.586. The van der Waals surface area contributed by atoms with Crippen LogP contribution < -0.4 is 11.1 Å². The molecule has 0 saturated heterocycles. The third-order valence-electron chi connectivity index (χ3n) is 2.82. The molecule has 1 saturated carbocycles. The summed E-state index contributed by atoms with van der Waals surface area (Å²) in [5.41, 5.74) is 5.21. The summed E-state index contributed by atoms with van der Waals surface area (Å²) in [4.78, 5) is 17.7. The SMILES string of the molecule is Nc1ncnc(NCC2CCC2)c1[N+](=O)[O-]. The van der Waals surface area contributed by atoms with Crippen molar-refractivity contribution in [1.29, 1.82) is 0 Å². The molecule has 7 heteroatoms. The molecule has 1 heterocycles. The van der Waals surface area contributed by atoms with Crippen LogP contribution in [0.4, 0.5) is 17.3 Å². The number of rotatable bonds is 4. The standard InChI is InChI=1S/C9H13N5O2/c10-8-7(14(15)16)9(13-5-12-8)11-4-6-2-1-3-6/h5-6H,1-4H2,(H3,10,11,12,13). The van der Waals surface area contributed by atoms with E-state index in [4.69, 9.17) is 5.73 Å². The fourth-order valence-corrected chi connectivity index (χ4v) is 1.64. The summed E-state index contributed by atoms with van der Waals surface area (Å²) < 4.78 is 0. The molecule has 0 amide bonds. The lowest BCUT2D eigenvalue weighted by Crippen LogP contribution is -2.22. The van der Waals surface area contributed by atoms with E-state index >= 15 is 0 Å². The van der Waals surface area contributed by atoms with Crippen molar-refractivity contribution in [3.05, 3.63) is 16.4 Å². The van der Waals surface area contributed by atoms with Crippen molar-refractivity contribution in [2.24, 2.45) is 5.92 Å². The van der Waals surface area contributed by atoms with E-state index in [1.54, 1.807) is 0 Å². The predicted molar refractivity (Wildman–Crippen MR) is 58.9 cm³/mol. The second-order valence-corrected chi connectivity index (χ2v) is 3.89. The average Bonchev–Trinajstić information content (AvgIpc) is 2.14. The molecule has 1 fully saturated rings. The second kappa shape index (κ2) is 4.30. The van der Waals surface area contributed by atoms with Gasteiger partial charge in [-0.25, -0.2) is 9.97 Å². The third kappa shape index (κ3) is 2.02. The number of hydrogen-bond acceptors (Lipinski definition) is 6. The lowest BCUT2D eigenvalue weighted by molar-refractivity contribution is -0.383. The van der Waals surface area contributed by atoms with Crippen LogP contribution in [0.5, 0.6) is 0 Å². The molecular weight excluding hydrogens is 210 g/mol. The minimum absolute atomic E-state index is 0.101. The van der Waals surface area contributed by atoms with E-state index in [-0.39, 0.29) is 17.3 Å². The Morgan fingerprint density at radius 1 is 1.56 bits per heavy atom. The number of nitrogens with zero attached hydrogens (tertiary/aromatic N) is 3. The molecule has 1 aromatic heterocycles. The predicted octanol–water partition coefficient (Wildman–Crippen LogP) is 1.18. The zero-order chi connectivity index (χ0) is 11.5. The number of nitro groups is 1. The fourth-order valence-electron chi connectivity index (χ4n) is 1.64. The molecule has 16 heavy (non-hydrogen) atoms. The number of nitrogens with one attached hydrogen (secondary N) is 1. The van der Waals surface area contributed by atoms with Gasteiger partial charge >= 0.3 is 5.69 Å². The summed E-state index contributed by atoms with van der Waals surface area (Å²) >= 11 is 0. The van der Waals surface area contributed by atoms with E-state index in [1.807, 2.05) is 0 Å². The Morgan fingerprint density at radius 3 is 2.88 bits per heavy atom. The maximum Gasteiger partial charge on any atom is 0.352 e. The maximum absolute atomic E-state index is 10.8. The summed E-state index contributed by atoms with van der Waals surface area (Å²) in [5.74, 6) is 0.705. The Labute approximate surface area is 92.2 Å². The summed E-state index contributed by atoms with van der Waals surface area (Å²) in [6, 6.07) is 0. The van der Waals surface area contributed by atoms with Crippen molar-refractivity contribution in [2.75, 3.05) is 17.6 Å². The third-order valence-corrected chi connectivity index (χ3v) is 2.82. The molecule has 0 aromatic carbocycles. The molecule has 1 aliphatic carbocycles. The van der Waals surface area contributed by atoms with Crippen LogP contribution in [0.25, 0.3) is 0 Å². The molecule has 0 atom stereocenters. The van der Waals surface area contributed by atoms with Gasteiger partial charge in [0.05, 0.1) is 4.92 Å². The van der Waals surface area contributed by atoms with Crippen molar-refractivity contribution in [3.8, 4) is 0 Å². The van der Waals surface area contributed by atoms with Gasteiger partial charge in [-0.3, -0.25) is 10.1 Å². The second-order valence-electron chi connectivity index (χ2n) is 3.89. The highest BCUT2D eigenvalue weighted by molar-refractivity contribution is 5.67. The Balaban J connectivity index is 2.12. The van der Waals surface area contributed by atoms with Crippen LogP contribution in [0, 0.1) is 16.0 Å². The topological polar surface area (TPSA) is 107 Å². The molecule has 3 N–H and O–H groups in total. The largest absolute Gasteiger partial charge is 0.378 e. The number of nitrogen functional groups attached to an aromatic ring is 1. The Kier molecular flexibility index (Phi) is 2.84. The highest BCUT2D eigenvalue weighted by Gasteiger charge is 2.23. The van der Waals surface area contributed by atoms with Gasteiger partial charge in [-0.1, -0.05) is 6.42 Å². The van der Waals surface area contributed by atoms with Crippen LogP contribution in [0.2, 0.25) is 0 Å². The lowest BCUT2D eigenvalue weighted by atomic mass is 9.85. The normalized spacial score (nSPS) is 15.5. The van der Waals surface area contributed by atoms with Gasteiger partial charge in [-0.05, 0) is 18.8 Å². The summed E-state index contributed by atoms with van der Waals surface area (Å²) in [6.45, 7) is 0.706. The molecule has 0 radical (unpaired) electrons. The van der Waals surface area contributed by atoms with Crippen molar-refractivity contribution in [3.63, 3.8) is 0 Å². The van der Waals surface area contributed by atoms with Gasteiger partial charge in [-0.15, -0.1) is 0 Å². The van der Waals surface area contributed by atoms with Crippen LogP contribution in [0.3, 0.4) is 0 Å². The van der Waals surface area contributed by atoms with Crippen LogP contribution in [0.1, 0.15) is 19.3 Å². The van der Waals surface area contributed by atoms with Crippen LogP contribution >= 0.6 is 0 Å². The summed E-state index contributed by atoms with van der Waals surface area (Å²) in [5, 5.41) is 13.7. The van der Waals surface area contributed by atoms with E-state index in [9.17, 15) is 10.1 Å². The molecule has 0 unspecified atom stereocenters. The fraction of sp³-hybridized carbons (Fsp3) is 0.556. The molecule has 0 bridgehead atoms. The van der Waals surface area contributed by atoms with Crippen LogP contribution in [0.15, 0.2) is 6.33 Å². The molecule has 0 aliphatic heterocycles. The van der Waals surface area contributed by atoms with Crippen molar-refractivity contribution >= 4 is 17.3 Å². The van der Waals surface area contributed by atoms with Gasteiger partial charge < -0.3 is 11.1 Å². The Morgan fingerprint density at radius 2 is 2.31 bits per heavy atom. The van der Waals surface area contributed by atoms with E-state index in [0.717, 1.165) is 0 Å². The first-order valence-corrected chi connectivity index (χ1v) is 5.17. The van der Waals surface area contributed by atoms with E-state index in [1.165, 1.54) is 25.6 Å². The Bertz CT molecular complexity index is 405. The molecule has 86 valence electrons. The lowest BCUT2D eigenvalue weighted by Gasteiger charge is -2.25. The van der Waals surface area contributed by atoms with Gasteiger partial charge in [-0.2, -0.15) is 0 Å². The first-order valence-electron chi connectivity index (χ1n) is 5.17. The average molecular weight is 223 g/mol. The highest BCUT2D eigenvalue weighted by atomic mass is 16.6. The number of nitrogens with two attached hydrogens (primary N) is 1. The molecule has 0 spiro atoms. The van der Waals surface area contributed by atoms with E-state index in [0.29, 0.717) is 12.5 Å². The number of hydrogen-bond donors (Lipinski definition) is 2. The minimum atomic E-state index is -0.557.